The van der Waals surface area contributed by atoms with E-state index in [-0.39, 0.29) is 5.78 Å². The minimum Gasteiger partial charge on any atom is -0.287 e. The maximum atomic E-state index is 12.2. The lowest BCUT2D eigenvalue weighted by Crippen LogP contribution is -2.03. The molecule has 0 saturated heterocycles. The molecule has 0 saturated carbocycles. The van der Waals surface area contributed by atoms with Gasteiger partial charge in [-0.1, -0.05) is 61.2 Å². The molecule has 0 spiro atoms. The number of carbonyl (C=O) groups excluding carboxylic acids is 1. The molecule has 2 aromatic carbocycles. The first-order valence-corrected chi connectivity index (χ1v) is 6.70. The molecule has 2 aromatic rings. The number of Topliss-reactive ketones (excluding diaryl/α,β-unsaturated/α-hetero) is 1. The predicted molar refractivity (Wildman–Crippen MR) is 81.2 cm³/mol. The largest absolute Gasteiger partial charge is 0.287 e. The lowest BCUT2D eigenvalue weighted by Gasteiger charge is -2.03. The summed E-state index contributed by atoms with van der Waals surface area (Å²) in [6, 6.07) is 17.4. The van der Waals surface area contributed by atoms with Crippen molar-refractivity contribution < 1.29 is 4.79 Å². The van der Waals surface area contributed by atoms with E-state index in [1.807, 2.05) is 30.3 Å². The summed E-state index contributed by atoms with van der Waals surface area (Å²) in [5.41, 5.74) is 4.35. The molecule has 3 rings (SSSR count). The fourth-order valence-electron chi connectivity index (χ4n) is 2.49. The van der Waals surface area contributed by atoms with Gasteiger partial charge in [-0.3, -0.25) is 4.79 Å². The van der Waals surface area contributed by atoms with Crippen LogP contribution in [0, 0.1) is 0 Å². The number of hydrogen-bond donors (Lipinski definition) is 0. The Bertz CT molecular complexity index is 698. The normalized spacial score (nSPS) is 15.1. The van der Waals surface area contributed by atoms with Gasteiger partial charge in [-0.25, -0.2) is 4.99 Å². The maximum absolute atomic E-state index is 12.2. The fourth-order valence-corrected chi connectivity index (χ4v) is 2.49. The highest BCUT2D eigenvalue weighted by molar-refractivity contribution is 6.12. The first-order chi connectivity index (χ1) is 9.75. The zero-order valence-corrected chi connectivity index (χ0v) is 11.2. The summed E-state index contributed by atoms with van der Waals surface area (Å²) in [5.74, 6) is -0.109. The first-order valence-electron chi connectivity index (χ1n) is 6.70. The van der Waals surface area contributed by atoms with Gasteiger partial charge in [0.2, 0.25) is 5.78 Å². The molecule has 2 heteroatoms. The van der Waals surface area contributed by atoms with Crippen LogP contribution in [-0.2, 0) is 6.42 Å². The van der Waals surface area contributed by atoms with Crippen LogP contribution >= 0.6 is 0 Å². The molecule has 0 unspecified atom stereocenters. The highest BCUT2D eigenvalue weighted by Gasteiger charge is 2.18. The van der Waals surface area contributed by atoms with Gasteiger partial charge < -0.3 is 0 Å². The van der Waals surface area contributed by atoms with E-state index in [1.54, 1.807) is 12.1 Å². The lowest BCUT2D eigenvalue weighted by atomic mass is 10.1. The van der Waals surface area contributed by atoms with Crippen LogP contribution in [-0.4, -0.2) is 11.5 Å². The van der Waals surface area contributed by atoms with E-state index in [9.17, 15) is 4.79 Å². The van der Waals surface area contributed by atoms with Crippen molar-refractivity contribution in [1.82, 2.24) is 0 Å². The zero-order chi connectivity index (χ0) is 13.9. The average Bonchev–Trinajstić information content (AvgIpc) is 2.91. The monoisotopic (exact) mass is 261 g/mol. The summed E-state index contributed by atoms with van der Waals surface area (Å²) in [6.07, 6.45) is 1.86. The van der Waals surface area contributed by atoms with Crippen LogP contribution in [0.1, 0.15) is 27.9 Å². The van der Waals surface area contributed by atoms with E-state index in [2.05, 4.69) is 23.7 Å². The van der Waals surface area contributed by atoms with Crippen LogP contribution in [0.5, 0.6) is 0 Å². The second kappa shape index (κ2) is 5.25. The van der Waals surface area contributed by atoms with E-state index in [0.29, 0.717) is 11.3 Å². The average molecular weight is 261 g/mol. The second-order valence-electron chi connectivity index (χ2n) is 4.86. The van der Waals surface area contributed by atoms with Crippen molar-refractivity contribution in [3.63, 3.8) is 0 Å². The van der Waals surface area contributed by atoms with Gasteiger partial charge in [0.1, 0.15) is 5.70 Å². The number of benzene rings is 2. The van der Waals surface area contributed by atoms with Crippen LogP contribution in [0.2, 0.25) is 0 Å². The van der Waals surface area contributed by atoms with Crippen molar-refractivity contribution in [2.45, 2.75) is 12.8 Å². The van der Waals surface area contributed by atoms with Crippen molar-refractivity contribution in [2.24, 2.45) is 4.99 Å². The Balaban J connectivity index is 1.87. The molecule has 0 aliphatic heterocycles. The number of ketones is 1. The van der Waals surface area contributed by atoms with Crippen LogP contribution in [0.4, 0.5) is 0 Å². The van der Waals surface area contributed by atoms with E-state index >= 15 is 0 Å². The molecule has 0 bridgehead atoms. The van der Waals surface area contributed by atoms with Gasteiger partial charge in [0.05, 0.1) is 0 Å². The molecule has 1 aliphatic carbocycles. The summed E-state index contributed by atoms with van der Waals surface area (Å²) in [5, 5.41) is 0. The molecular weight excluding hydrogens is 246 g/mol. The Labute approximate surface area is 118 Å². The minimum atomic E-state index is -0.109. The molecule has 98 valence electrons. The van der Waals surface area contributed by atoms with E-state index in [0.717, 1.165) is 24.1 Å². The summed E-state index contributed by atoms with van der Waals surface area (Å²) in [6.45, 7) is 3.83. The van der Waals surface area contributed by atoms with Crippen LogP contribution < -0.4 is 0 Å². The van der Waals surface area contributed by atoms with Crippen LogP contribution in [0.15, 0.2) is 71.9 Å². The van der Waals surface area contributed by atoms with Crippen molar-refractivity contribution in [1.29, 1.82) is 0 Å². The van der Waals surface area contributed by atoms with Gasteiger partial charge in [-0.2, -0.15) is 0 Å². The van der Waals surface area contributed by atoms with Gasteiger partial charge >= 0.3 is 0 Å². The topological polar surface area (TPSA) is 29.4 Å². The van der Waals surface area contributed by atoms with Gasteiger partial charge in [-0.15, -0.1) is 0 Å². The van der Waals surface area contributed by atoms with Crippen molar-refractivity contribution in [3.8, 4) is 0 Å². The quantitative estimate of drug-likeness (QED) is 0.610. The Morgan fingerprint density at radius 1 is 0.950 bits per heavy atom. The number of nitrogens with zero attached hydrogens (tertiary/aromatic N) is 1. The molecule has 1 aliphatic rings. The van der Waals surface area contributed by atoms with Crippen LogP contribution in [0.25, 0.3) is 0 Å². The third-order valence-electron chi connectivity index (χ3n) is 3.53. The van der Waals surface area contributed by atoms with E-state index < -0.39 is 0 Å². The second-order valence-corrected chi connectivity index (χ2v) is 4.86. The van der Waals surface area contributed by atoms with E-state index in [1.165, 1.54) is 5.56 Å². The first kappa shape index (κ1) is 12.5. The summed E-state index contributed by atoms with van der Waals surface area (Å²) >= 11 is 0. The predicted octanol–water partition coefficient (Wildman–Crippen LogP) is 3.82. The number of fused-ring (bicyclic) bond motifs is 1. The highest BCUT2D eigenvalue weighted by atomic mass is 16.1. The number of aryl methyl sites for hydroxylation is 1. The van der Waals surface area contributed by atoms with Gasteiger partial charge in [0.15, 0.2) is 0 Å². The molecule has 0 amide bonds. The van der Waals surface area contributed by atoms with Crippen molar-refractivity contribution >= 4 is 11.5 Å². The third-order valence-corrected chi connectivity index (χ3v) is 3.53. The molecule has 0 radical (unpaired) electrons. The van der Waals surface area contributed by atoms with Gasteiger partial charge in [0.25, 0.3) is 0 Å². The molecular formula is C18H15NO. The standard InChI is InChI=1S/C18H15NO/c1-13(18(20)15-8-3-2-4-9-15)19-17-12-11-14-7-5-6-10-16(14)17/h2-10H,1,11-12H2/b19-17+. The Kier molecular flexibility index (Phi) is 3.30. The number of carbonyl (C=O) groups is 1. The Morgan fingerprint density at radius 3 is 2.45 bits per heavy atom. The highest BCUT2D eigenvalue weighted by Crippen LogP contribution is 2.23. The molecule has 0 N–H and O–H groups in total. The maximum Gasteiger partial charge on any atom is 0.210 e. The molecule has 0 atom stereocenters. The van der Waals surface area contributed by atoms with Crippen molar-refractivity contribution in [2.75, 3.05) is 0 Å². The molecule has 2 nitrogen and oxygen atoms in total. The van der Waals surface area contributed by atoms with Gasteiger partial charge in [-0.05, 0) is 24.0 Å². The number of rotatable bonds is 3. The molecule has 20 heavy (non-hydrogen) atoms. The number of hydrogen-bond acceptors (Lipinski definition) is 2. The molecule has 0 fully saturated rings. The van der Waals surface area contributed by atoms with Gasteiger partial charge in [0, 0.05) is 11.3 Å². The SMILES string of the molecule is C=C(/N=C1\CCc2ccccc21)C(=O)c1ccccc1. The van der Waals surface area contributed by atoms with E-state index in [4.69, 9.17) is 0 Å². The Hall–Kier alpha value is -2.48. The van der Waals surface area contributed by atoms with Crippen LogP contribution in [0.3, 0.4) is 0 Å². The lowest BCUT2D eigenvalue weighted by molar-refractivity contribution is 0.103. The minimum absolute atomic E-state index is 0.109. The molecule has 0 heterocycles. The summed E-state index contributed by atoms with van der Waals surface area (Å²) < 4.78 is 0. The molecule has 0 aromatic heterocycles. The Morgan fingerprint density at radius 2 is 1.65 bits per heavy atom. The number of allylic oxidation sites excluding steroid dienone is 1. The zero-order valence-electron chi connectivity index (χ0n) is 11.2. The smallest absolute Gasteiger partial charge is 0.210 e. The fraction of sp³-hybridized carbons (Fsp3) is 0.111. The summed E-state index contributed by atoms with van der Waals surface area (Å²) in [4.78, 5) is 16.7. The third kappa shape index (κ3) is 2.32. The number of aliphatic imine (C=N–C) groups is 1. The summed E-state index contributed by atoms with van der Waals surface area (Å²) in [7, 11) is 0. The van der Waals surface area contributed by atoms with Crippen molar-refractivity contribution in [3.05, 3.63) is 83.6 Å².